The van der Waals surface area contributed by atoms with Crippen LogP contribution in [0.1, 0.15) is 37.9 Å². The molecule has 0 saturated heterocycles. The van der Waals surface area contributed by atoms with Crippen molar-refractivity contribution in [2.24, 2.45) is 5.92 Å². The molecule has 5 nitrogen and oxygen atoms in total. The van der Waals surface area contributed by atoms with Crippen LogP contribution < -0.4 is 0 Å². The molecular weight excluding hydrogens is 320 g/mol. The molecule has 0 spiro atoms. The van der Waals surface area contributed by atoms with E-state index in [0.29, 0.717) is 19.0 Å². The first kappa shape index (κ1) is 16.9. The van der Waals surface area contributed by atoms with E-state index < -0.39 is 0 Å². The number of thioether (sulfide) groups is 1. The molecule has 3 rings (SSSR count). The zero-order valence-electron chi connectivity index (χ0n) is 14.3. The van der Waals surface area contributed by atoms with E-state index in [-0.39, 0.29) is 11.2 Å². The van der Waals surface area contributed by atoms with Gasteiger partial charge in [-0.25, -0.2) is 15.0 Å². The highest BCUT2D eigenvalue weighted by molar-refractivity contribution is 8.00. The molecular formula is C18H22N4OS. The van der Waals surface area contributed by atoms with Crippen LogP contribution in [0.5, 0.6) is 0 Å². The standard InChI is InChI=1S/C18H22N4OS/c1-12(2)8-16-20-9-14-10-22(11-15(14)21-16)18(23)13(3)24-17-6-4-5-7-19-17/h4-7,9,12-13H,8,10-11H2,1-3H3. The van der Waals surface area contributed by atoms with Crippen molar-refractivity contribution in [3.05, 3.63) is 47.7 Å². The molecule has 0 radical (unpaired) electrons. The van der Waals surface area contributed by atoms with Gasteiger partial charge < -0.3 is 4.90 Å². The minimum absolute atomic E-state index is 0.120. The van der Waals surface area contributed by atoms with Crippen LogP contribution in [0.4, 0.5) is 0 Å². The molecule has 6 heteroatoms. The third kappa shape index (κ3) is 3.93. The van der Waals surface area contributed by atoms with Crippen molar-refractivity contribution in [2.75, 3.05) is 0 Å². The van der Waals surface area contributed by atoms with E-state index in [1.807, 2.05) is 36.2 Å². The van der Waals surface area contributed by atoms with Crippen LogP contribution in [0.25, 0.3) is 0 Å². The van der Waals surface area contributed by atoms with Gasteiger partial charge in [0.15, 0.2) is 0 Å². The summed E-state index contributed by atoms with van der Waals surface area (Å²) in [7, 11) is 0. The number of aromatic nitrogens is 3. The predicted octanol–water partition coefficient (Wildman–Crippen LogP) is 3.09. The first-order valence-electron chi connectivity index (χ1n) is 8.23. The monoisotopic (exact) mass is 342 g/mol. The third-order valence-corrected chi connectivity index (χ3v) is 4.93. The second kappa shape index (κ2) is 7.30. The highest BCUT2D eigenvalue weighted by Gasteiger charge is 2.29. The number of pyridine rings is 1. The number of carbonyl (C=O) groups excluding carboxylic acids is 1. The van der Waals surface area contributed by atoms with Gasteiger partial charge in [0.2, 0.25) is 5.91 Å². The normalized spacial score (nSPS) is 14.8. The van der Waals surface area contributed by atoms with E-state index in [9.17, 15) is 4.79 Å². The SMILES string of the molecule is CC(C)Cc1ncc2c(n1)CN(C(=O)C(C)Sc1ccccn1)C2. The molecule has 1 aliphatic heterocycles. The summed E-state index contributed by atoms with van der Waals surface area (Å²) in [6.07, 6.45) is 4.49. The number of nitrogens with zero attached hydrogens (tertiary/aromatic N) is 4. The quantitative estimate of drug-likeness (QED) is 0.782. The molecule has 24 heavy (non-hydrogen) atoms. The largest absolute Gasteiger partial charge is 0.331 e. The van der Waals surface area contributed by atoms with Crippen molar-refractivity contribution in [1.29, 1.82) is 0 Å². The molecule has 1 atom stereocenters. The van der Waals surface area contributed by atoms with Crippen molar-refractivity contribution in [1.82, 2.24) is 19.9 Å². The highest BCUT2D eigenvalue weighted by Crippen LogP contribution is 2.27. The van der Waals surface area contributed by atoms with Crippen LogP contribution in [0.3, 0.4) is 0 Å². The second-order valence-corrected chi connectivity index (χ2v) is 7.84. The van der Waals surface area contributed by atoms with Gasteiger partial charge in [0.05, 0.1) is 22.5 Å². The summed E-state index contributed by atoms with van der Waals surface area (Å²) >= 11 is 1.49. The Morgan fingerprint density at radius 3 is 2.79 bits per heavy atom. The lowest BCUT2D eigenvalue weighted by molar-refractivity contribution is -0.130. The molecule has 0 fully saturated rings. The van der Waals surface area contributed by atoms with Gasteiger partial charge >= 0.3 is 0 Å². The van der Waals surface area contributed by atoms with E-state index in [2.05, 4.69) is 28.8 Å². The summed E-state index contributed by atoms with van der Waals surface area (Å²) in [4.78, 5) is 27.9. The maximum atomic E-state index is 12.7. The highest BCUT2D eigenvalue weighted by atomic mass is 32.2. The fourth-order valence-corrected chi connectivity index (χ4v) is 3.61. The Labute approximate surface area is 146 Å². The molecule has 0 N–H and O–H groups in total. The summed E-state index contributed by atoms with van der Waals surface area (Å²) in [6.45, 7) is 7.42. The first-order chi connectivity index (χ1) is 11.5. The lowest BCUT2D eigenvalue weighted by Crippen LogP contribution is -2.32. The van der Waals surface area contributed by atoms with Gasteiger partial charge in [-0.1, -0.05) is 31.7 Å². The van der Waals surface area contributed by atoms with E-state index in [1.165, 1.54) is 11.8 Å². The summed E-state index contributed by atoms with van der Waals surface area (Å²) in [5.41, 5.74) is 2.05. The molecule has 1 aliphatic rings. The number of fused-ring (bicyclic) bond motifs is 1. The summed E-state index contributed by atoms with van der Waals surface area (Å²) in [5.74, 6) is 1.51. The van der Waals surface area contributed by atoms with Crippen molar-refractivity contribution in [3.8, 4) is 0 Å². The molecule has 0 aliphatic carbocycles. The van der Waals surface area contributed by atoms with Gasteiger partial charge in [-0.2, -0.15) is 0 Å². The Morgan fingerprint density at radius 2 is 2.08 bits per heavy atom. The molecule has 2 aromatic heterocycles. The van der Waals surface area contributed by atoms with Crippen molar-refractivity contribution >= 4 is 17.7 Å². The Bertz CT molecular complexity index is 720. The summed E-state index contributed by atoms with van der Waals surface area (Å²) < 4.78 is 0. The molecule has 2 aromatic rings. The maximum Gasteiger partial charge on any atom is 0.236 e. The fraction of sp³-hybridized carbons (Fsp3) is 0.444. The number of rotatable bonds is 5. The van der Waals surface area contributed by atoms with Gasteiger partial charge in [0.25, 0.3) is 0 Å². The maximum absolute atomic E-state index is 12.7. The third-order valence-electron chi connectivity index (χ3n) is 3.89. The molecule has 0 aromatic carbocycles. The second-order valence-electron chi connectivity index (χ2n) is 6.48. The minimum atomic E-state index is -0.169. The lowest BCUT2D eigenvalue weighted by Gasteiger charge is -2.19. The average Bonchev–Trinajstić information content (AvgIpc) is 2.97. The lowest BCUT2D eigenvalue weighted by atomic mass is 10.1. The average molecular weight is 342 g/mol. The first-order valence-corrected chi connectivity index (χ1v) is 9.11. The Kier molecular flexibility index (Phi) is 5.14. The topological polar surface area (TPSA) is 59.0 Å². The van der Waals surface area contributed by atoms with E-state index in [4.69, 9.17) is 0 Å². The molecule has 0 bridgehead atoms. The van der Waals surface area contributed by atoms with Crippen LogP contribution in [-0.2, 0) is 24.3 Å². The van der Waals surface area contributed by atoms with Crippen LogP contribution in [0.2, 0.25) is 0 Å². The molecule has 126 valence electrons. The van der Waals surface area contributed by atoms with Crippen molar-refractivity contribution < 1.29 is 4.79 Å². The van der Waals surface area contributed by atoms with Crippen molar-refractivity contribution in [2.45, 2.75) is 50.6 Å². The zero-order chi connectivity index (χ0) is 17.1. The van der Waals surface area contributed by atoms with Crippen LogP contribution in [0.15, 0.2) is 35.6 Å². The Balaban J connectivity index is 1.65. The zero-order valence-corrected chi connectivity index (χ0v) is 15.1. The number of amides is 1. The van der Waals surface area contributed by atoms with Gasteiger partial charge in [-0.3, -0.25) is 4.79 Å². The minimum Gasteiger partial charge on any atom is -0.331 e. The Morgan fingerprint density at radius 1 is 1.25 bits per heavy atom. The van der Waals surface area contributed by atoms with E-state index in [0.717, 1.165) is 28.5 Å². The summed E-state index contributed by atoms with van der Waals surface area (Å²) in [5, 5.41) is 0.700. The summed E-state index contributed by atoms with van der Waals surface area (Å²) in [6, 6.07) is 5.74. The Hall–Kier alpha value is -1.95. The molecule has 1 unspecified atom stereocenters. The van der Waals surface area contributed by atoms with Gasteiger partial charge in [0.1, 0.15) is 5.82 Å². The van der Waals surface area contributed by atoms with Crippen LogP contribution >= 0.6 is 11.8 Å². The van der Waals surface area contributed by atoms with Crippen LogP contribution in [-0.4, -0.2) is 31.0 Å². The number of hydrogen-bond donors (Lipinski definition) is 0. The van der Waals surface area contributed by atoms with Gasteiger partial charge in [0, 0.05) is 30.9 Å². The molecule has 1 amide bonds. The van der Waals surface area contributed by atoms with Crippen LogP contribution in [0, 0.1) is 5.92 Å². The van der Waals surface area contributed by atoms with Gasteiger partial charge in [-0.05, 0) is 25.0 Å². The number of hydrogen-bond acceptors (Lipinski definition) is 5. The van der Waals surface area contributed by atoms with E-state index in [1.54, 1.807) is 6.20 Å². The fourth-order valence-electron chi connectivity index (χ4n) is 2.72. The smallest absolute Gasteiger partial charge is 0.236 e. The van der Waals surface area contributed by atoms with Gasteiger partial charge in [-0.15, -0.1) is 0 Å². The predicted molar refractivity (Wildman–Crippen MR) is 94.4 cm³/mol. The molecule has 3 heterocycles. The van der Waals surface area contributed by atoms with Crippen molar-refractivity contribution in [3.63, 3.8) is 0 Å². The van der Waals surface area contributed by atoms with E-state index >= 15 is 0 Å². The number of carbonyl (C=O) groups is 1. The molecule has 0 saturated carbocycles.